The zero-order valence-electron chi connectivity index (χ0n) is 14.6. The zero-order chi connectivity index (χ0) is 18.9. The number of carbonyl (C=O) groups is 2. The number of para-hydroxylation sites is 1. The minimum absolute atomic E-state index is 0.433. The standard InChI is InChI=1S/C19H21N3O4/c1-3-15-6-4-5-7-17(15)21-19(25)22-20-12-14-8-10-16(11-9-14)26-13(2)18(23)24/h4-13H,3H2,1-2H3,(H,23,24)(H2,21,22,25)/b20-12+/t13-/m1/s1. The fourth-order valence-corrected chi connectivity index (χ4v) is 2.15. The number of hydrazone groups is 1. The molecule has 0 aliphatic carbocycles. The molecular weight excluding hydrogens is 334 g/mol. The summed E-state index contributed by atoms with van der Waals surface area (Å²) < 4.78 is 5.24. The van der Waals surface area contributed by atoms with Gasteiger partial charge in [0.2, 0.25) is 0 Å². The normalized spacial score (nSPS) is 11.8. The van der Waals surface area contributed by atoms with E-state index in [1.165, 1.54) is 13.1 Å². The summed E-state index contributed by atoms with van der Waals surface area (Å²) in [6.07, 6.45) is 1.37. The topological polar surface area (TPSA) is 100 Å². The molecule has 0 saturated carbocycles. The number of aryl methyl sites for hydroxylation is 1. The number of rotatable bonds is 7. The third-order valence-corrected chi connectivity index (χ3v) is 3.57. The highest BCUT2D eigenvalue weighted by Gasteiger charge is 2.11. The zero-order valence-corrected chi connectivity index (χ0v) is 14.6. The van der Waals surface area contributed by atoms with Crippen LogP contribution in [0.2, 0.25) is 0 Å². The van der Waals surface area contributed by atoms with E-state index in [-0.39, 0.29) is 0 Å². The molecule has 0 spiro atoms. The molecule has 0 unspecified atom stereocenters. The molecule has 0 aliphatic heterocycles. The highest BCUT2D eigenvalue weighted by molar-refractivity contribution is 5.91. The van der Waals surface area contributed by atoms with E-state index in [4.69, 9.17) is 9.84 Å². The van der Waals surface area contributed by atoms with Gasteiger partial charge in [-0.1, -0.05) is 25.1 Å². The van der Waals surface area contributed by atoms with Crippen molar-refractivity contribution in [1.29, 1.82) is 0 Å². The molecule has 26 heavy (non-hydrogen) atoms. The molecule has 7 nitrogen and oxygen atoms in total. The van der Waals surface area contributed by atoms with Gasteiger partial charge in [-0.3, -0.25) is 0 Å². The number of hydrogen-bond acceptors (Lipinski definition) is 4. The quantitative estimate of drug-likeness (QED) is 0.524. The van der Waals surface area contributed by atoms with Crippen LogP contribution < -0.4 is 15.5 Å². The van der Waals surface area contributed by atoms with Crippen LogP contribution in [0.15, 0.2) is 53.6 Å². The second kappa shape index (κ2) is 9.22. The van der Waals surface area contributed by atoms with E-state index in [1.807, 2.05) is 31.2 Å². The Kier molecular flexibility index (Phi) is 6.73. The maximum Gasteiger partial charge on any atom is 0.344 e. The number of anilines is 1. The summed E-state index contributed by atoms with van der Waals surface area (Å²) in [6, 6.07) is 13.8. The first-order valence-electron chi connectivity index (χ1n) is 8.17. The Bertz CT molecular complexity index is 788. The van der Waals surface area contributed by atoms with E-state index in [1.54, 1.807) is 24.3 Å². The Balaban J connectivity index is 1.87. The van der Waals surface area contributed by atoms with Gasteiger partial charge in [-0.05, 0) is 54.8 Å². The van der Waals surface area contributed by atoms with Crippen molar-refractivity contribution in [3.8, 4) is 5.75 Å². The van der Waals surface area contributed by atoms with Crippen molar-refractivity contribution >= 4 is 23.9 Å². The summed E-state index contributed by atoms with van der Waals surface area (Å²) in [5.74, 6) is -0.588. The number of carboxylic acid groups (broad SMARTS) is 1. The molecule has 2 amide bonds. The number of urea groups is 1. The molecule has 2 aromatic carbocycles. The first-order valence-corrected chi connectivity index (χ1v) is 8.17. The number of amides is 2. The molecule has 136 valence electrons. The van der Waals surface area contributed by atoms with Gasteiger partial charge in [0.1, 0.15) is 5.75 Å². The smallest absolute Gasteiger partial charge is 0.344 e. The van der Waals surface area contributed by atoms with Gasteiger partial charge in [-0.25, -0.2) is 15.0 Å². The van der Waals surface area contributed by atoms with Crippen LogP contribution in [0.5, 0.6) is 5.75 Å². The summed E-state index contributed by atoms with van der Waals surface area (Å²) >= 11 is 0. The van der Waals surface area contributed by atoms with E-state index in [9.17, 15) is 9.59 Å². The van der Waals surface area contributed by atoms with Crippen molar-refractivity contribution in [1.82, 2.24) is 5.43 Å². The minimum Gasteiger partial charge on any atom is -0.479 e. The molecule has 3 N–H and O–H groups in total. The Morgan fingerprint density at radius 2 is 1.88 bits per heavy atom. The molecule has 0 heterocycles. The lowest BCUT2D eigenvalue weighted by Gasteiger charge is -2.10. The van der Waals surface area contributed by atoms with E-state index in [2.05, 4.69) is 15.8 Å². The van der Waals surface area contributed by atoms with Crippen molar-refractivity contribution in [2.24, 2.45) is 5.10 Å². The van der Waals surface area contributed by atoms with Crippen molar-refractivity contribution in [2.75, 3.05) is 5.32 Å². The van der Waals surface area contributed by atoms with Crippen LogP contribution >= 0.6 is 0 Å². The number of ether oxygens (including phenoxy) is 1. The lowest BCUT2D eigenvalue weighted by molar-refractivity contribution is -0.144. The van der Waals surface area contributed by atoms with Crippen molar-refractivity contribution < 1.29 is 19.4 Å². The molecule has 0 fully saturated rings. The van der Waals surface area contributed by atoms with Gasteiger partial charge in [0.05, 0.1) is 6.21 Å². The van der Waals surface area contributed by atoms with Crippen molar-refractivity contribution in [3.63, 3.8) is 0 Å². The number of carbonyl (C=O) groups excluding carboxylic acids is 1. The van der Waals surface area contributed by atoms with E-state index in [0.717, 1.165) is 23.2 Å². The van der Waals surface area contributed by atoms with E-state index in [0.29, 0.717) is 5.75 Å². The first kappa shape index (κ1) is 19.0. The van der Waals surface area contributed by atoms with Crippen molar-refractivity contribution in [2.45, 2.75) is 26.4 Å². The fraction of sp³-hybridized carbons (Fsp3) is 0.211. The van der Waals surface area contributed by atoms with Gasteiger partial charge in [0.15, 0.2) is 6.10 Å². The molecule has 1 atom stereocenters. The molecule has 7 heteroatoms. The highest BCUT2D eigenvalue weighted by Crippen LogP contribution is 2.15. The average molecular weight is 355 g/mol. The average Bonchev–Trinajstić information content (AvgIpc) is 2.63. The summed E-state index contributed by atoms with van der Waals surface area (Å²) in [5, 5.41) is 15.5. The fourth-order valence-electron chi connectivity index (χ4n) is 2.15. The summed E-state index contributed by atoms with van der Waals surface area (Å²) in [7, 11) is 0. The number of nitrogens with zero attached hydrogens (tertiary/aromatic N) is 1. The number of carboxylic acids is 1. The van der Waals surface area contributed by atoms with E-state index >= 15 is 0 Å². The summed E-state index contributed by atoms with van der Waals surface area (Å²) in [4.78, 5) is 22.7. The first-order chi connectivity index (χ1) is 12.5. The Morgan fingerprint density at radius 3 is 2.54 bits per heavy atom. The lowest BCUT2D eigenvalue weighted by Crippen LogP contribution is -2.24. The third kappa shape index (κ3) is 5.62. The number of aliphatic carboxylic acids is 1. The lowest BCUT2D eigenvalue weighted by atomic mass is 10.1. The van der Waals surface area contributed by atoms with Gasteiger partial charge in [0, 0.05) is 5.69 Å². The second-order valence-electron chi connectivity index (χ2n) is 5.50. The Hall–Kier alpha value is -3.35. The molecule has 0 radical (unpaired) electrons. The largest absolute Gasteiger partial charge is 0.479 e. The maximum atomic E-state index is 11.9. The van der Waals surface area contributed by atoms with Crippen LogP contribution in [-0.4, -0.2) is 29.4 Å². The molecular formula is C19H21N3O4. The Morgan fingerprint density at radius 1 is 1.19 bits per heavy atom. The van der Waals surface area contributed by atoms with Gasteiger partial charge in [0.25, 0.3) is 0 Å². The number of benzene rings is 2. The molecule has 0 bridgehead atoms. The van der Waals surface area contributed by atoms with Crippen LogP contribution in [0.3, 0.4) is 0 Å². The van der Waals surface area contributed by atoms with Gasteiger partial charge < -0.3 is 15.2 Å². The maximum absolute atomic E-state index is 11.9. The second-order valence-corrected chi connectivity index (χ2v) is 5.50. The number of hydrogen-bond donors (Lipinski definition) is 3. The molecule has 0 aromatic heterocycles. The molecule has 2 rings (SSSR count). The summed E-state index contributed by atoms with van der Waals surface area (Å²) in [5.41, 5.74) is 4.92. The van der Waals surface area contributed by atoms with Crippen LogP contribution in [0.25, 0.3) is 0 Å². The molecule has 0 saturated heterocycles. The van der Waals surface area contributed by atoms with Crippen LogP contribution in [0, 0.1) is 0 Å². The van der Waals surface area contributed by atoms with E-state index < -0.39 is 18.1 Å². The minimum atomic E-state index is -1.03. The van der Waals surface area contributed by atoms with Gasteiger partial charge in [-0.15, -0.1) is 0 Å². The molecule has 0 aliphatic rings. The van der Waals surface area contributed by atoms with Crippen LogP contribution in [0.4, 0.5) is 10.5 Å². The SMILES string of the molecule is CCc1ccccc1NC(=O)N/N=C/c1ccc(O[C@H](C)C(=O)O)cc1. The summed E-state index contributed by atoms with van der Waals surface area (Å²) in [6.45, 7) is 3.47. The predicted molar refractivity (Wildman–Crippen MR) is 99.7 cm³/mol. The Labute approximate surface area is 151 Å². The van der Waals surface area contributed by atoms with Gasteiger partial charge in [-0.2, -0.15) is 5.10 Å². The van der Waals surface area contributed by atoms with Gasteiger partial charge >= 0.3 is 12.0 Å². The predicted octanol–water partition coefficient (Wildman–Crippen LogP) is 3.26. The number of nitrogens with one attached hydrogen (secondary N) is 2. The van der Waals surface area contributed by atoms with Crippen LogP contribution in [-0.2, 0) is 11.2 Å². The molecule has 2 aromatic rings. The highest BCUT2D eigenvalue weighted by atomic mass is 16.5. The third-order valence-electron chi connectivity index (χ3n) is 3.57. The van der Waals surface area contributed by atoms with Crippen molar-refractivity contribution in [3.05, 3.63) is 59.7 Å². The monoisotopic (exact) mass is 355 g/mol. The van der Waals surface area contributed by atoms with Crippen LogP contribution in [0.1, 0.15) is 25.0 Å².